The van der Waals surface area contributed by atoms with E-state index >= 15 is 0 Å². The number of amides is 2. The molecule has 7 heteroatoms. The van der Waals surface area contributed by atoms with Crippen LogP contribution in [-0.2, 0) is 29.0 Å². The van der Waals surface area contributed by atoms with Gasteiger partial charge in [0.15, 0.2) is 6.10 Å². The number of aryl methyl sites for hydroxylation is 1. The first-order chi connectivity index (χ1) is 15.1. The number of hydrogen-bond donors (Lipinski definition) is 1. The summed E-state index contributed by atoms with van der Waals surface area (Å²) in [6.07, 6.45) is 1.95. The molecule has 0 fully saturated rings. The number of ether oxygens (including phenoxy) is 1. The van der Waals surface area contributed by atoms with Crippen molar-refractivity contribution >= 4 is 23.2 Å². The Hall–Kier alpha value is -3.03. The molecule has 1 unspecified atom stereocenters. The highest BCUT2D eigenvalue weighted by atomic mass is 32.1. The lowest BCUT2D eigenvalue weighted by atomic mass is 9.94. The predicted molar refractivity (Wildman–Crippen MR) is 120 cm³/mol. The van der Waals surface area contributed by atoms with E-state index in [0.717, 1.165) is 28.8 Å². The number of fused-ring (bicyclic) bond motifs is 1. The topological polar surface area (TPSA) is 71.5 Å². The number of hydrogen-bond acceptors (Lipinski definition) is 5. The van der Waals surface area contributed by atoms with Gasteiger partial charge in [-0.05, 0) is 47.0 Å². The zero-order valence-corrected chi connectivity index (χ0v) is 18.4. The minimum atomic E-state index is -0.620. The monoisotopic (exact) mass is 435 g/mol. The van der Waals surface area contributed by atoms with Gasteiger partial charge in [-0.25, -0.2) is 0 Å². The fourth-order valence-electron chi connectivity index (χ4n) is 3.98. The van der Waals surface area contributed by atoms with E-state index in [1.165, 1.54) is 16.9 Å². The minimum Gasteiger partial charge on any atom is -0.367 e. The van der Waals surface area contributed by atoms with Gasteiger partial charge in [0.1, 0.15) is 0 Å². The van der Waals surface area contributed by atoms with Crippen molar-refractivity contribution in [2.75, 3.05) is 13.7 Å². The SMILES string of the molecule is COC(C(=O)N1CCc2c(cnc(C)c2CNC(=O)c2ccsc2)C1)c1ccccc1. The van der Waals surface area contributed by atoms with Crippen LogP contribution in [0, 0.1) is 6.92 Å². The molecule has 3 heterocycles. The van der Waals surface area contributed by atoms with Crippen LogP contribution in [0.2, 0.25) is 0 Å². The highest BCUT2D eigenvalue weighted by Crippen LogP contribution is 2.27. The third-order valence-corrected chi connectivity index (χ3v) is 6.36. The third kappa shape index (κ3) is 4.52. The van der Waals surface area contributed by atoms with Gasteiger partial charge in [-0.15, -0.1) is 0 Å². The zero-order chi connectivity index (χ0) is 21.8. The van der Waals surface area contributed by atoms with E-state index in [1.54, 1.807) is 7.11 Å². The van der Waals surface area contributed by atoms with E-state index in [0.29, 0.717) is 25.2 Å². The van der Waals surface area contributed by atoms with Crippen molar-refractivity contribution < 1.29 is 14.3 Å². The van der Waals surface area contributed by atoms with Crippen molar-refractivity contribution in [1.29, 1.82) is 0 Å². The molecule has 0 spiro atoms. The molecule has 3 aromatic rings. The first kappa shape index (κ1) is 21.2. The largest absolute Gasteiger partial charge is 0.367 e. The molecule has 1 atom stereocenters. The van der Waals surface area contributed by atoms with Gasteiger partial charge in [-0.1, -0.05) is 30.3 Å². The van der Waals surface area contributed by atoms with Gasteiger partial charge < -0.3 is 15.0 Å². The van der Waals surface area contributed by atoms with Crippen LogP contribution in [0.4, 0.5) is 0 Å². The van der Waals surface area contributed by atoms with Crippen molar-refractivity contribution in [2.24, 2.45) is 0 Å². The van der Waals surface area contributed by atoms with Crippen molar-refractivity contribution in [3.8, 4) is 0 Å². The molecule has 0 radical (unpaired) electrons. The molecule has 31 heavy (non-hydrogen) atoms. The predicted octanol–water partition coefficient (Wildman–Crippen LogP) is 3.65. The standard InChI is InChI=1S/C24H25N3O3S/c1-16-21(13-26-23(28)18-9-11-31-15-18)20-8-10-27(14-19(20)12-25-16)24(29)22(30-2)17-6-4-3-5-7-17/h3-7,9,11-12,15,22H,8,10,13-14H2,1-2H3,(H,26,28). The lowest BCUT2D eigenvalue weighted by molar-refractivity contribution is -0.143. The van der Waals surface area contributed by atoms with Gasteiger partial charge in [0, 0.05) is 49.6 Å². The second-order valence-electron chi connectivity index (χ2n) is 7.56. The van der Waals surface area contributed by atoms with Crippen LogP contribution in [0.1, 0.15) is 44.4 Å². The number of thiophene rings is 1. The molecule has 0 aliphatic carbocycles. The first-order valence-electron chi connectivity index (χ1n) is 10.2. The van der Waals surface area contributed by atoms with Gasteiger partial charge >= 0.3 is 0 Å². The molecule has 1 aliphatic heterocycles. The number of rotatable bonds is 6. The fourth-order valence-corrected chi connectivity index (χ4v) is 4.62. The van der Waals surface area contributed by atoms with Crippen molar-refractivity contribution in [3.63, 3.8) is 0 Å². The lowest BCUT2D eigenvalue weighted by Crippen LogP contribution is -2.40. The van der Waals surface area contributed by atoms with Crippen LogP contribution in [0.25, 0.3) is 0 Å². The number of methoxy groups -OCH3 is 1. The number of nitrogens with one attached hydrogen (secondary N) is 1. The number of nitrogens with zero attached hydrogens (tertiary/aromatic N) is 2. The molecule has 1 aromatic carbocycles. The van der Waals surface area contributed by atoms with E-state index in [2.05, 4.69) is 10.3 Å². The van der Waals surface area contributed by atoms with Gasteiger partial charge in [0.05, 0.1) is 0 Å². The summed E-state index contributed by atoms with van der Waals surface area (Å²) in [5.41, 5.74) is 5.66. The van der Waals surface area contributed by atoms with Gasteiger partial charge in [0.2, 0.25) is 0 Å². The zero-order valence-electron chi connectivity index (χ0n) is 17.6. The summed E-state index contributed by atoms with van der Waals surface area (Å²) in [7, 11) is 1.56. The maximum Gasteiger partial charge on any atom is 0.256 e. The van der Waals surface area contributed by atoms with Crippen LogP contribution >= 0.6 is 11.3 Å². The average Bonchev–Trinajstić information content (AvgIpc) is 3.34. The fraction of sp³-hybridized carbons (Fsp3) is 0.292. The number of benzene rings is 1. The molecular formula is C24H25N3O3S. The quantitative estimate of drug-likeness (QED) is 0.642. The van der Waals surface area contributed by atoms with Crippen LogP contribution < -0.4 is 5.32 Å². The van der Waals surface area contributed by atoms with E-state index < -0.39 is 6.10 Å². The third-order valence-electron chi connectivity index (χ3n) is 5.68. The summed E-state index contributed by atoms with van der Waals surface area (Å²) >= 11 is 1.50. The summed E-state index contributed by atoms with van der Waals surface area (Å²) in [5, 5.41) is 6.73. The van der Waals surface area contributed by atoms with Crippen molar-refractivity contribution in [2.45, 2.75) is 32.5 Å². The molecule has 160 valence electrons. The second kappa shape index (κ2) is 9.41. The highest BCUT2D eigenvalue weighted by Gasteiger charge is 2.29. The summed E-state index contributed by atoms with van der Waals surface area (Å²) in [6, 6.07) is 11.4. The number of carbonyl (C=O) groups excluding carboxylic acids is 2. The van der Waals surface area contributed by atoms with E-state index in [9.17, 15) is 9.59 Å². The number of aromatic nitrogens is 1. The Bertz CT molecular complexity index is 1070. The van der Waals surface area contributed by atoms with E-state index in [-0.39, 0.29) is 11.8 Å². The van der Waals surface area contributed by atoms with Crippen LogP contribution in [0.15, 0.2) is 53.4 Å². The summed E-state index contributed by atoms with van der Waals surface area (Å²) in [4.78, 5) is 31.9. The molecule has 0 saturated heterocycles. The smallest absolute Gasteiger partial charge is 0.256 e. The van der Waals surface area contributed by atoms with Crippen LogP contribution in [-0.4, -0.2) is 35.4 Å². The number of pyridine rings is 1. The summed E-state index contributed by atoms with van der Waals surface area (Å²) in [5.74, 6) is -0.135. The molecule has 2 amide bonds. The van der Waals surface area contributed by atoms with Crippen LogP contribution in [0.5, 0.6) is 0 Å². The summed E-state index contributed by atoms with van der Waals surface area (Å²) in [6.45, 7) is 3.47. The Balaban J connectivity index is 1.50. The maximum absolute atomic E-state index is 13.2. The normalized spacial score (nSPS) is 14.1. The molecule has 1 N–H and O–H groups in total. The average molecular weight is 436 g/mol. The highest BCUT2D eigenvalue weighted by molar-refractivity contribution is 7.08. The second-order valence-corrected chi connectivity index (χ2v) is 8.34. The molecule has 0 saturated carbocycles. The molecule has 6 nitrogen and oxygen atoms in total. The van der Waals surface area contributed by atoms with Gasteiger partial charge in [-0.3, -0.25) is 14.6 Å². The van der Waals surface area contributed by atoms with Gasteiger partial charge in [0.25, 0.3) is 11.8 Å². The first-order valence-corrected chi connectivity index (χ1v) is 11.2. The molecular weight excluding hydrogens is 410 g/mol. The molecule has 2 aromatic heterocycles. The minimum absolute atomic E-state index is 0.0489. The Kier molecular flexibility index (Phi) is 6.44. The molecule has 0 bridgehead atoms. The van der Waals surface area contributed by atoms with E-state index in [1.807, 2.05) is 65.2 Å². The van der Waals surface area contributed by atoms with Crippen molar-refractivity contribution in [1.82, 2.24) is 15.2 Å². The lowest BCUT2D eigenvalue weighted by Gasteiger charge is -2.32. The Morgan fingerprint density at radius 2 is 2.06 bits per heavy atom. The van der Waals surface area contributed by atoms with Gasteiger partial charge in [-0.2, -0.15) is 11.3 Å². The summed E-state index contributed by atoms with van der Waals surface area (Å²) < 4.78 is 5.53. The van der Waals surface area contributed by atoms with E-state index in [4.69, 9.17) is 4.74 Å². The molecule has 1 aliphatic rings. The van der Waals surface area contributed by atoms with Crippen molar-refractivity contribution in [3.05, 3.63) is 86.9 Å². The number of carbonyl (C=O) groups is 2. The van der Waals surface area contributed by atoms with Crippen LogP contribution in [0.3, 0.4) is 0 Å². The Morgan fingerprint density at radius 1 is 1.26 bits per heavy atom. The Morgan fingerprint density at radius 3 is 2.77 bits per heavy atom. The maximum atomic E-state index is 13.2. The Labute approximate surface area is 185 Å². The molecule has 4 rings (SSSR count).